The molecular formula is C15H14ClNS. The van der Waals surface area contributed by atoms with Crippen molar-refractivity contribution in [3.05, 3.63) is 64.7 Å². The smallest absolute Gasteiger partial charge is 0.0588 e. The fraction of sp³-hybridized carbons (Fsp3) is 0.200. The zero-order valence-electron chi connectivity index (χ0n) is 9.90. The van der Waals surface area contributed by atoms with Crippen LogP contribution < -0.4 is 5.32 Å². The van der Waals surface area contributed by atoms with Crippen molar-refractivity contribution in [2.75, 3.05) is 12.3 Å². The van der Waals surface area contributed by atoms with E-state index in [1.54, 1.807) is 0 Å². The van der Waals surface area contributed by atoms with Crippen LogP contribution in [0.2, 0.25) is 5.02 Å². The van der Waals surface area contributed by atoms with Crippen LogP contribution in [0.5, 0.6) is 0 Å². The molecule has 92 valence electrons. The normalized spacial score (nSPS) is 19.1. The predicted molar refractivity (Wildman–Crippen MR) is 78.5 cm³/mol. The van der Waals surface area contributed by atoms with Gasteiger partial charge >= 0.3 is 0 Å². The van der Waals surface area contributed by atoms with Crippen LogP contribution in [0.1, 0.15) is 17.2 Å². The van der Waals surface area contributed by atoms with Gasteiger partial charge in [0.1, 0.15) is 0 Å². The largest absolute Gasteiger partial charge is 0.305 e. The van der Waals surface area contributed by atoms with E-state index < -0.39 is 0 Å². The highest BCUT2D eigenvalue weighted by Crippen LogP contribution is 2.35. The lowest BCUT2D eigenvalue weighted by molar-refractivity contribution is 0.632. The van der Waals surface area contributed by atoms with Crippen LogP contribution in [0, 0.1) is 0 Å². The first-order valence-corrected chi connectivity index (χ1v) is 7.41. The summed E-state index contributed by atoms with van der Waals surface area (Å²) < 4.78 is 0. The monoisotopic (exact) mass is 275 g/mol. The Hall–Kier alpha value is -0.960. The van der Waals surface area contributed by atoms with E-state index in [9.17, 15) is 0 Å². The fourth-order valence-corrected chi connectivity index (χ4v) is 3.42. The minimum atomic E-state index is 0.245. The molecule has 3 rings (SSSR count). The van der Waals surface area contributed by atoms with E-state index in [1.807, 2.05) is 23.9 Å². The van der Waals surface area contributed by atoms with Crippen molar-refractivity contribution in [3.63, 3.8) is 0 Å². The van der Waals surface area contributed by atoms with E-state index >= 15 is 0 Å². The molecule has 0 aliphatic carbocycles. The number of benzene rings is 2. The lowest BCUT2D eigenvalue weighted by Crippen LogP contribution is -2.23. The molecule has 0 fully saturated rings. The van der Waals surface area contributed by atoms with Crippen molar-refractivity contribution >= 4 is 23.4 Å². The summed E-state index contributed by atoms with van der Waals surface area (Å²) in [6.07, 6.45) is 0. The molecule has 0 spiro atoms. The van der Waals surface area contributed by atoms with E-state index in [1.165, 1.54) is 16.0 Å². The Bertz CT molecular complexity index is 541. The Balaban J connectivity index is 2.08. The maximum Gasteiger partial charge on any atom is 0.0588 e. The zero-order chi connectivity index (χ0) is 12.4. The Morgan fingerprint density at radius 1 is 1.11 bits per heavy atom. The number of rotatable bonds is 1. The zero-order valence-corrected chi connectivity index (χ0v) is 11.5. The van der Waals surface area contributed by atoms with Crippen LogP contribution in [-0.2, 0) is 0 Å². The van der Waals surface area contributed by atoms with Gasteiger partial charge in [-0.15, -0.1) is 11.8 Å². The second-order valence-corrected chi connectivity index (χ2v) is 5.90. The van der Waals surface area contributed by atoms with Gasteiger partial charge in [-0.05, 0) is 29.3 Å². The molecule has 0 saturated carbocycles. The van der Waals surface area contributed by atoms with Gasteiger partial charge in [0.25, 0.3) is 0 Å². The van der Waals surface area contributed by atoms with Crippen LogP contribution in [0.25, 0.3) is 0 Å². The van der Waals surface area contributed by atoms with E-state index in [0.29, 0.717) is 0 Å². The van der Waals surface area contributed by atoms with Crippen molar-refractivity contribution in [2.45, 2.75) is 10.9 Å². The summed E-state index contributed by atoms with van der Waals surface area (Å²) in [6, 6.07) is 17.0. The summed E-state index contributed by atoms with van der Waals surface area (Å²) in [4.78, 5) is 1.33. The Labute approximate surface area is 117 Å². The average Bonchev–Trinajstić information content (AvgIpc) is 2.61. The van der Waals surface area contributed by atoms with Gasteiger partial charge in [0, 0.05) is 22.2 Å². The van der Waals surface area contributed by atoms with Crippen molar-refractivity contribution in [1.29, 1.82) is 0 Å². The van der Waals surface area contributed by atoms with Gasteiger partial charge in [0.2, 0.25) is 0 Å². The van der Waals surface area contributed by atoms with E-state index in [-0.39, 0.29) is 6.04 Å². The van der Waals surface area contributed by atoms with Gasteiger partial charge in [0.15, 0.2) is 0 Å². The minimum Gasteiger partial charge on any atom is -0.305 e. The van der Waals surface area contributed by atoms with Gasteiger partial charge in [0.05, 0.1) is 6.04 Å². The lowest BCUT2D eigenvalue weighted by Gasteiger charge is -2.19. The first-order valence-electron chi connectivity index (χ1n) is 6.05. The highest BCUT2D eigenvalue weighted by atomic mass is 35.5. The van der Waals surface area contributed by atoms with Crippen LogP contribution in [0.3, 0.4) is 0 Å². The number of halogens is 1. The van der Waals surface area contributed by atoms with Crippen molar-refractivity contribution in [3.8, 4) is 0 Å². The number of hydrogen-bond acceptors (Lipinski definition) is 2. The molecule has 1 unspecified atom stereocenters. The summed E-state index contributed by atoms with van der Waals surface area (Å²) >= 11 is 8.04. The molecule has 1 N–H and O–H groups in total. The quantitative estimate of drug-likeness (QED) is 0.840. The van der Waals surface area contributed by atoms with Crippen molar-refractivity contribution in [2.24, 2.45) is 0 Å². The Morgan fingerprint density at radius 2 is 1.94 bits per heavy atom. The third kappa shape index (κ3) is 2.41. The number of nitrogens with one attached hydrogen (secondary N) is 1. The van der Waals surface area contributed by atoms with Gasteiger partial charge in [-0.25, -0.2) is 0 Å². The molecule has 0 saturated heterocycles. The Morgan fingerprint density at radius 3 is 2.78 bits per heavy atom. The fourth-order valence-electron chi connectivity index (χ4n) is 2.29. The van der Waals surface area contributed by atoms with Gasteiger partial charge < -0.3 is 5.32 Å². The van der Waals surface area contributed by atoms with Crippen LogP contribution >= 0.6 is 23.4 Å². The molecule has 1 heterocycles. The molecule has 1 atom stereocenters. The SMILES string of the molecule is Clc1ccc2c(c1)C(c1ccccc1)NCCS2. The molecule has 2 aromatic rings. The number of thioether (sulfide) groups is 1. The third-order valence-corrected chi connectivity index (χ3v) is 4.45. The van der Waals surface area contributed by atoms with Crippen LogP contribution in [0.15, 0.2) is 53.4 Å². The van der Waals surface area contributed by atoms with Gasteiger partial charge in [-0.2, -0.15) is 0 Å². The van der Waals surface area contributed by atoms with Crippen molar-refractivity contribution < 1.29 is 0 Å². The predicted octanol–water partition coefficient (Wildman–Crippen LogP) is 4.12. The van der Waals surface area contributed by atoms with Crippen LogP contribution in [-0.4, -0.2) is 12.3 Å². The van der Waals surface area contributed by atoms with Crippen LogP contribution in [0.4, 0.5) is 0 Å². The topological polar surface area (TPSA) is 12.0 Å². The number of hydrogen-bond donors (Lipinski definition) is 1. The molecular weight excluding hydrogens is 262 g/mol. The standard InChI is InChI=1S/C15H14ClNS/c16-12-6-7-14-13(10-12)15(17-8-9-18-14)11-4-2-1-3-5-11/h1-7,10,15,17H,8-9H2. The molecule has 1 nitrogen and oxygen atoms in total. The second-order valence-electron chi connectivity index (χ2n) is 4.33. The van der Waals surface area contributed by atoms with E-state index in [2.05, 4.69) is 41.7 Å². The summed E-state index contributed by atoms with van der Waals surface area (Å²) in [5, 5.41) is 4.41. The molecule has 1 aliphatic rings. The first-order chi connectivity index (χ1) is 8.84. The second kappa shape index (κ2) is 5.35. The molecule has 0 aromatic heterocycles. The third-order valence-electron chi connectivity index (χ3n) is 3.12. The van der Waals surface area contributed by atoms with Gasteiger partial charge in [-0.3, -0.25) is 0 Å². The Kier molecular flexibility index (Phi) is 3.59. The van der Waals surface area contributed by atoms with Gasteiger partial charge in [-0.1, -0.05) is 41.9 Å². The first kappa shape index (κ1) is 12.1. The highest BCUT2D eigenvalue weighted by molar-refractivity contribution is 7.99. The maximum absolute atomic E-state index is 6.15. The summed E-state index contributed by atoms with van der Waals surface area (Å²) in [5.74, 6) is 1.10. The molecule has 18 heavy (non-hydrogen) atoms. The van der Waals surface area contributed by atoms with Crippen molar-refractivity contribution in [1.82, 2.24) is 5.32 Å². The number of fused-ring (bicyclic) bond motifs is 1. The average molecular weight is 276 g/mol. The minimum absolute atomic E-state index is 0.245. The lowest BCUT2D eigenvalue weighted by atomic mass is 9.98. The summed E-state index contributed by atoms with van der Waals surface area (Å²) in [6.45, 7) is 1.01. The molecule has 3 heteroatoms. The maximum atomic E-state index is 6.15. The molecule has 0 amide bonds. The molecule has 0 bridgehead atoms. The van der Waals surface area contributed by atoms with E-state index in [0.717, 1.165) is 17.3 Å². The summed E-state index contributed by atoms with van der Waals surface area (Å²) in [5.41, 5.74) is 2.58. The molecule has 0 radical (unpaired) electrons. The molecule has 2 aromatic carbocycles. The van der Waals surface area contributed by atoms with E-state index in [4.69, 9.17) is 11.6 Å². The molecule has 1 aliphatic heterocycles. The summed E-state index contributed by atoms with van der Waals surface area (Å²) in [7, 11) is 0. The highest BCUT2D eigenvalue weighted by Gasteiger charge is 2.20.